The fourth-order valence-electron chi connectivity index (χ4n) is 1.96. The molecule has 1 N–H and O–H groups in total. The lowest BCUT2D eigenvalue weighted by molar-refractivity contribution is 1.37. The number of anilines is 2. The van der Waals surface area contributed by atoms with Crippen LogP contribution in [0.3, 0.4) is 0 Å². The van der Waals surface area contributed by atoms with Gasteiger partial charge in [0.2, 0.25) is 0 Å². The second-order valence-corrected chi connectivity index (χ2v) is 4.73. The predicted molar refractivity (Wildman–Crippen MR) is 81.2 cm³/mol. The number of hydrogen-bond donors (Lipinski definition) is 1. The molecule has 96 valence electrons. The van der Waals surface area contributed by atoms with E-state index in [1.807, 2.05) is 42.5 Å². The number of rotatable bonds is 2. The summed E-state index contributed by atoms with van der Waals surface area (Å²) in [5.41, 5.74) is 2.28. The Labute approximate surface area is 121 Å². The molecular weight excluding hydrogens is 270 g/mol. The minimum Gasteiger partial charge on any atom is -0.340 e. The van der Waals surface area contributed by atoms with Crippen LogP contribution in [0.15, 0.2) is 54.6 Å². The third kappa shape index (κ3) is 2.42. The van der Waals surface area contributed by atoms with E-state index in [1.165, 1.54) is 0 Å². The SMILES string of the molecule is N#Cc1ccc(Nc2ccc3cccc(Cl)c3n2)cc1. The molecule has 0 aliphatic heterocycles. The minimum atomic E-state index is 0.630. The van der Waals surface area contributed by atoms with E-state index in [1.54, 1.807) is 12.1 Å². The van der Waals surface area contributed by atoms with Crippen LogP contribution in [0, 0.1) is 11.3 Å². The highest BCUT2D eigenvalue weighted by atomic mass is 35.5. The molecule has 0 saturated carbocycles. The molecule has 0 amide bonds. The van der Waals surface area contributed by atoms with Crippen molar-refractivity contribution < 1.29 is 0 Å². The zero-order valence-corrected chi connectivity index (χ0v) is 11.2. The number of benzene rings is 2. The van der Waals surface area contributed by atoms with E-state index in [9.17, 15) is 0 Å². The van der Waals surface area contributed by atoms with Crippen molar-refractivity contribution in [2.45, 2.75) is 0 Å². The Morgan fingerprint density at radius 2 is 1.80 bits per heavy atom. The maximum atomic E-state index is 8.77. The van der Waals surface area contributed by atoms with Gasteiger partial charge in [0.15, 0.2) is 0 Å². The molecule has 0 aliphatic carbocycles. The molecule has 0 saturated heterocycles. The predicted octanol–water partition coefficient (Wildman–Crippen LogP) is 4.50. The average molecular weight is 280 g/mol. The molecule has 3 aromatic rings. The number of pyridine rings is 1. The van der Waals surface area contributed by atoms with Crippen LogP contribution < -0.4 is 5.32 Å². The van der Waals surface area contributed by atoms with E-state index in [4.69, 9.17) is 16.9 Å². The Hall–Kier alpha value is -2.57. The van der Waals surface area contributed by atoms with E-state index in [2.05, 4.69) is 16.4 Å². The van der Waals surface area contributed by atoms with Gasteiger partial charge in [0.1, 0.15) is 5.82 Å². The first-order valence-corrected chi connectivity index (χ1v) is 6.46. The third-order valence-electron chi connectivity index (χ3n) is 2.96. The van der Waals surface area contributed by atoms with Gasteiger partial charge in [-0.3, -0.25) is 0 Å². The summed E-state index contributed by atoms with van der Waals surface area (Å²) in [4.78, 5) is 4.50. The molecule has 4 heteroatoms. The van der Waals surface area contributed by atoms with Crippen LogP contribution in [0.1, 0.15) is 5.56 Å². The van der Waals surface area contributed by atoms with Crippen LogP contribution in [0.25, 0.3) is 10.9 Å². The molecule has 0 atom stereocenters. The molecule has 3 nitrogen and oxygen atoms in total. The molecule has 1 aromatic heterocycles. The number of nitriles is 1. The fourth-order valence-corrected chi connectivity index (χ4v) is 2.18. The Kier molecular flexibility index (Phi) is 3.24. The van der Waals surface area contributed by atoms with Gasteiger partial charge in [0, 0.05) is 11.1 Å². The van der Waals surface area contributed by atoms with Crippen LogP contribution >= 0.6 is 11.6 Å². The van der Waals surface area contributed by atoms with Gasteiger partial charge < -0.3 is 5.32 Å². The van der Waals surface area contributed by atoms with Crippen molar-refractivity contribution in [2.24, 2.45) is 0 Å². The Morgan fingerprint density at radius 1 is 1.00 bits per heavy atom. The number of halogens is 1. The molecular formula is C16H10ClN3. The van der Waals surface area contributed by atoms with Crippen molar-refractivity contribution in [2.75, 3.05) is 5.32 Å². The smallest absolute Gasteiger partial charge is 0.131 e. The average Bonchev–Trinajstić information content (AvgIpc) is 2.49. The van der Waals surface area contributed by atoms with E-state index >= 15 is 0 Å². The molecule has 3 rings (SSSR count). The second-order valence-electron chi connectivity index (χ2n) is 4.32. The molecule has 2 aromatic carbocycles. The van der Waals surface area contributed by atoms with Crippen LogP contribution in [-0.4, -0.2) is 4.98 Å². The monoisotopic (exact) mass is 279 g/mol. The standard InChI is InChI=1S/C16H10ClN3/c17-14-3-1-2-12-6-9-15(20-16(12)14)19-13-7-4-11(10-18)5-8-13/h1-9H,(H,19,20). The largest absolute Gasteiger partial charge is 0.340 e. The van der Waals surface area contributed by atoms with Crippen molar-refractivity contribution in [1.82, 2.24) is 4.98 Å². The first kappa shape index (κ1) is 12.5. The first-order valence-electron chi connectivity index (χ1n) is 6.09. The van der Waals surface area contributed by atoms with Crippen molar-refractivity contribution in [3.8, 4) is 6.07 Å². The van der Waals surface area contributed by atoms with Crippen LogP contribution in [0.4, 0.5) is 11.5 Å². The van der Waals surface area contributed by atoms with Crippen LogP contribution in [0.2, 0.25) is 5.02 Å². The van der Waals surface area contributed by atoms with Crippen molar-refractivity contribution in [1.29, 1.82) is 5.26 Å². The molecule has 0 spiro atoms. The Balaban J connectivity index is 1.94. The highest BCUT2D eigenvalue weighted by Gasteiger charge is 2.02. The van der Waals surface area contributed by atoms with E-state index in [0.717, 1.165) is 22.4 Å². The van der Waals surface area contributed by atoms with E-state index < -0.39 is 0 Å². The maximum absolute atomic E-state index is 8.77. The summed E-state index contributed by atoms with van der Waals surface area (Å²) in [6, 6.07) is 18.9. The summed E-state index contributed by atoms with van der Waals surface area (Å²) in [6.07, 6.45) is 0. The Morgan fingerprint density at radius 3 is 2.55 bits per heavy atom. The summed E-state index contributed by atoms with van der Waals surface area (Å²) in [5, 5.41) is 13.6. The number of nitrogens with one attached hydrogen (secondary N) is 1. The topological polar surface area (TPSA) is 48.7 Å². The highest BCUT2D eigenvalue weighted by molar-refractivity contribution is 6.35. The van der Waals surface area contributed by atoms with Gasteiger partial charge >= 0.3 is 0 Å². The quantitative estimate of drug-likeness (QED) is 0.751. The second kappa shape index (κ2) is 5.20. The molecule has 1 heterocycles. The Bertz CT molecular complexity index is 804. The van der Waals surface area contributed by atoms with Gasteiger partial charge in [-0.1, -0.05) is 23.7 Å². The van der Waals surface area contributed by atoms with Gasteiger partial charge in [-0.05, 0) is 42.5 Å². The zero-order chi connectivity index (χ0) is 13.9. The molecule has 0 radical (unpaired) electrons. The van der Waals surface area contributed by atoms with Crippen LogP contribution in [-0.2, 0) is 0 Å². The summed E-state index contributed by atoms with van der Waals surface area (Å²) >= 11 is 6.15. The lowest BCUT2D eigenvalue weighted by atomic mass is 10.2. The first-order chi connectivity index (χ1) is 9.76. The minimum absolute atomic E-state index is 0.630. The maximum Gasteiger partial charge on any atom is 0.131 e. The summed E-state index contributed by atoms with van der Waals surface area (Å²) < 4.78 is 0. The van der Waals surface area contributed by atoms with Crippen molar-refractivity contribution in [3.05, 3.63) is 65.2 Å². The van der Waals surface area contributed by atoms with E-state index in [0.29, 0.717) is 10.6 Å². The zero-order valence-electron chi connectivity index (χ0n) is 10.5. The molecule has 20 heavy (non-hydrogen) atoms. The summed E-state index contributed by atoms with van der Waals surface area (Å²) in [6.45, 7) is 0. The number of para-hydroxylation sites is 1. The van der Waals surface area contributed by atoms with E-state index in [-0.39, 0.29) is 0 Å². The van der Waals surface area contributed by atoms with Crippen molar-refractivity contribution in [3.63, 3.8) is 0 Å². The lowest BCUT2D eigenvalue weighted by Gasteiger charge is -2.07. The normalized spacial score (nSPS) is 10.2. The molecule has 0 unspecified atom stereocenters. The summed E-state index contributed by atoms with van der Waals surface area (Å²) in [7, 11) is 0. The van der Waals surface area contributed by atoms with Gasteiger partial charge in [-0.2, -0.15) is 5.26 Å². The molecule has 0 fully saturated rings. The number of fused-ring (bicyclic) bond motifs is 1. The van der Waals surface area contributed by atoms with Crippen molar-refractivity contribution >= 4 is 34.0 Å². The number of hydrogen-bond acceptors (Lipinski definition) is 3. The number of aromatic nitrogens is 1. The van der Waals surface area contributed by atoms with Crippen LogP contribution in [0.5, 0.6) is 0 Å². The summed E-state index contributed by atoms with van der Waals surface area (Å²) in [5.74, 6) is 0.718. The lowest BCUT2D eigenvalue weighted by Crippen LogP contribution is -1.94. The highest BCUT2D eigenvalue weighted by Crippen LogP contribution is 2.24. The van der Waals surface area contributed by atoms with Gasteiger partial charge in [0.25, 0.3) is 0 Å². The molecule has 0 aliphatic rings. The fraction of sp³-hybridized carbons (Fsp3) is 0. The van der Waals surface area contributed by atoms with Gasteiger partial charge in [-0.25, -0.2) is 4.98 Å². The van der Waals surface area contributed by atoms with Gasteiger partial charge in [-0.15, -0.1) is 0 Å². The molecule has 0 bridgehead atoms. The van der Waals surface area contributed by atoms with Gasteiger partial charge in [0.05, 0.1) is 22.2 Å². The number of nitrogens with zero attached hydrogens (tertiary/aromatic N) is 2. The third-order valence-corrected chi connectivity index (χ3v) is 3.26.